The van der Waals surface area contributed by atoms with Gasteiger partial charge in [-0.1, -0.05) is 13.0 Å². The van der Waals surface area contributed by atoms with E-state index in [1.807, 2.05) is 19.1 Å². The van der Waals surface area contributed by atoms with E-state index in [0.29, 0.717) is 12.6 Å². The van der Waals surface area contributed by atoms with Gasteiger partial charge < -0.3 is 19.2 Å². The maximum atomic E-state index is 5.67. The van der Waals surface area contributed by atoms with Crippen molar-refractivity contribution in [3.63, 3.8) is 0 Å². The van der Waals surface area contributed by atoms with E-state index in [9.17, 15) is 0 Å². The van der Waals surface area contributed by atoms with Crippen molar-refractivity contribution >= 4 is 23.3 Å². The van der Waals surface area contributed by atoms with Crippen molar-refractivity contribution in [2.45, 2.75) is 39.8 Å². The van der Waals surface area contributed by atoms with Crippen LogP contribution in [0.25, 0.3) is 11.0 Å². The predicted molar refractivity (Wildman–Crippen MR) is 90.7 cm³/mol. The van der Waals surface area contributed by atoms with Gasteiger partial charge in [-0.2, -0.15) is 0 Å². The van der Waals surface area contributed by atoms with Crippen LogP contribution in [0.1, 0.15) is 27.2 Å². The molecule has 1 aromatic carbocycles. The van der Waals surface area contributed by atoms with Gasteiger partial charge in [-0.3, -0.25) is 0 Å². The zero-order valence-corrected chi connectivity index (χ0v) is 14.2. The Hall–Kier alpha value is -1.33. The standard InChI is InChI=1S/C16H25N3OS/c1-5-12(3)18(4)10-11-19-13-8-7-9-14(20-6-2)15(13)17-16(19)21/h7-9,12H,5-6,10-11H2,1-4H3,(H,17,21). The number of aromatic amines is 1. The first-order chi connectivity index (χ1) is 10.1. The van der Waals surface area contributed by atoms with Crippen molar-refractivity contribution in [2.75, 3.05) is 20.2 Å². The molecule has 1 N–H and O–H groups in total. The number of aromatic nitrogens is 2. The fraction of sp³-hybridized carbons (Fsp3) is 0.562. The molecule has 0 amide bonds. The van der Waals surface area contributed by atoms with Gasteiger partial charge in [0.15, 0.2) is 4.77 Å². The van der Waals surface area contributed by atoms with E-state index in [1.165, 1.54) is 0 Å². The quantitative estimate of drug-likeness (QED) is 0.789. The number of para-hydroxylation sites is 1. The van der Waals surface area contributed by atoms with E-state index in [1.54, 1.807) is 0 Å². The largest absolute Gasteiger partial charge is 0.492 e. The van der Waals surface area contributed by atoms with Crippen LogP contribution >= 0.6 is 12.2 Å². The molecule has 21 heavy (non-hydrogen) atoms. The number of rotatable bonds is 7. The molecule has 1 atom stereocenters. The second-order valence-electron chi connectivity index (χ2n) is 5.40. The minimum absolute atomic E-state index is 0.586. The van der Waals surface area contributed by atoms with E-state index < -0.39 is 0 Å². The maximum Gasteiger partial charge on any atom is 0.178 e. The summed E-state index contributed by atoms with van der Waals surface area (Å²) in [4.78, 5) is 5.65. The first-order valence-corrected chi connectivity index (χ1v) is 8.03. The lowest BCUT2D eigenvalue weighted by molar-refractivity contribution is 0.243. The summed E-state index contributed by atoms with van der Waals surface area (Å²) in [5, 5.41) is 0. The molecular formula is C16H25N3OS. The molecule has 1 unspecified atom stereocenters. The minimum Gasteiger partial charge on any atom is -0.492 e. The Kier molecular flexibility index (Phi) is 5.42. The summed E-state index contributed by atoms with van der Waals surface area (Å²) in [5.41, 5.74) is 2.11. The van der Waals surface area contributed by atoms with Crippen LogP contribution in [0.4, 0.5) is 0 Å². The number of H-pyrrole nitrogens is 1. The molecule has 2 aromatic rings. The van der Waals surface area contributed by atoms with Crippen LogP contribution in [-0.4, -0.2) is 40.7 Å². The highest BCUT2D eigenvalue weighted by Crippen LogP contribution is 2.25. The van der Waals surface area contributed by atoms with Crippen molar-refractivity contribution in [3.8, 4) is 5.75 Å². The summed E-state index contributed by atoms with van der Waals surface area (Å²) >= 11 is 5.48. The molecule has 4 nitrogen and oxygen atoms in total. The zero-order chi connectivity index (χ0) is 15.4. The normalized spacial score (nSPS) is 13.0. The Morgan fingerprint density at radius 2 is 2.14 bits per heavy atom. The van der Waals surface area contributed by atoms with E-state index in [-0.39, 0.29) is 0 Å². The molecule has 1 aromatic heterocycles. The minimum atomic E-state index is 0.586. The molecule has 116 valence electrons. The third-order valence-electron chi connectivity index (χ3n) is 4.09. The van der Waals surface area contributed by atoms with E-state index in [0.717, 1.165) is 41.1 Å². The van der Waals surface area contributed by atoms with Crippen molar-refractivity contribution in [2.24, 2.45) is 0 Å². The van der Waals surface area contributed by atoms with Crippen LogP contribution in [0.2, 0.25) is 0 Å². The first kappa shape index (κ1) is 16.0. The lowest BCUT2D eigenvalue weighted by atomic mass is 10.2. The first-order valence-electron chi connectivity index (χ1n) is 7.63. The second-order valence-corrected chi connectivity index (χ2v) is 5.79. The van der Waals surface area contributed by atoms with Gasteiger partial charge >= 0.3 is 0 Å². The number of benzene rings is 1. The molecule has 0 aliphatic rings. The van der Waals surface area contributed by atoms with Crippen molar-refractivity contribution in [1.29, 1.82) is 0 Å². The van der Waals surface area contributed by atoms with E-state index >= 15 is 0 Å². The molecule has 0 aliphatic carbocycles. The van der Waals surface area contributed by atoms with Crippen LogP contribution in [0, 0.1) is 4.77 Å². The Morgan fingerprint density at radius 1 is 1.38 bits per heavy atom. The fourth-order valence-corrected chi connectivity index (χ4v) is 2.73. The molecule has 0 saturated carbocycles. The van der Waals surface area contributed by atoms with E-state index in [2.05, 4.69) is 41.4 Å². The number of hydrogen-bond donors (Lipinski definition) is 1. The number of fused-ring (bicyclic) bond motifs is 1. The Morgan fingerprint density at radius 3 is 2.81 bits per heavy atom. The molecule has 0 fully saturated rings. The Bertz CT molecular complexity index is 646. The summed E-state index contributed by atoms with van der Waals surface area (Å²) in [6.07, 6.45) is 1.16. The topological polar surface area (TPSA) is 33.2 Å². The molecule has 0 bridgehead atoms. The number of nitrogens with one attached hydrogen (secondary N) is 1. The van der Waals surface area contributed by atoms with Crippen LogP contribution in [0.15, 0.2) is 18.2 Å². The number of likely N-dealkylation sites (N-methyl/N-ethyl adjacent to an activating group) is 1. The molecule has 0 saturated heterocycles. The summed E-state index contributed by atoms with van der Waals surface area (Å²) in [5.74, 6) is 0.870. The lowest BCUT2D eigenvalue weighted by Crippen LogP contribution is -2.31. The monoisotopic (exact) mass is 307 g/mol. The van der Waals surface area contributed by atoms with Gasteiger partial charge in [0, 0.05) is 19.1 Å². The van der Waals surface area contributed by atoms with Crippen LogP contribution in [0.5, 0.6) is 5.75 Å². The number of imidazole rings is 1. The third-order valence-corrected chi connectivity index (χ3v) is 4.41. The smallest absolute Gasteiger partial charge is 0.178 e. The maximum absolute atomic E-state index is 5.67. The number of hydrogen-bond acceptors (Lipinski definition) is 3. The zero-order valence-electron chi connectivity index (χ0n) is 13.3. The molecular weight excluding hydrogens is 282 g/mol. The third kappa shape index (κ3) is 3.47. The molecule has 0 radical (unpaired) electrons. The highest BCUT2D eigenvalue weighted by molar-refractivity contribution is 7.71. The Balaban J connectivity index is 2.26. The molecule has 0 aliphatic heterocycles. The van der Waals surface area contributed by atoms with Crippen LogP contribution in [-0.2, 0) is 6.54 Å². The van der Waals surface area contributed by atoms with Crippen molar-refractivity contribution < 1.29 is 4.74 Å². The van der Waals surface area contributed by atoms with Gasteiger partial charge in [0.25, 0.3) is 0 Å². The van der Waals surface area contributed by atoms with Gasteiger partial charge in [0.1, 0.15) is 11.3 Å². The number of nitrogens with zero attached hydrogens (tertiary/aromatic N) is 2. The highest BCUT2D eigenvalue weighted by atomic mass is 32.1. The summed E-state index contributed by atoms with van der Waals surface area (Å²) in [6, 6.07) is 6.67. The molecule has 2 rings (SSSR count). The van der Waals surface area contributed by atoms with Crippen LogP contribution < -0.4 is 4.74 Å². The summed E-state index contributed by atoms with van der Waals surface area (Å²) < 4.78 is 8.59. The molecule has 1 heterocycles. The average molecular weight is 307 g/mol. The predicted octanol–water partition coefficient (Wildman–Crippen LogP) is 3.83. The van der Waals surface area contributed by atoms with Gasteiger partial charge in [0.05, 0.1) is 12.1 Å². The van der Waals surface area contributed by atoms with Gasteiger partial charge in [-0.15, -0.1) is 0 Å². The SMILES string of the molecule is CCOc1cccc2c1[nH]c(=S)n2CCN(C)C(C)CC. The van der Waals surface area contributed by atoms with E-state index in [4.69, 9.17) is 17.0 Å². The Labute approximate surface area is 131 Å². The van der Waals surface area contributed by atoms with Gasteiger partial charge in [-0.05, 0) is 51.7 Å². The number of ether oxygens (including phenoxy) is 1. The van der Waals surface area contributed by atoms with Crippen molar-refractivity contribution in [3.05, 3.63) is 23.0 Å². The summed E-state index contributed by atoms with van der Waals surface area (Å²) in [7, 11) is 2.16. The molecule has 0 spiro atoms. The van der Waals surface area contributed by atoms with Gasteiger partial charge in [-0.25, -0.2) is 0 Å². The van der Waals surface area contributed by atoms with Gasteiger partial charge in [0.2, 0.25) is 0 Å². The van der Waals surface area contributed by atoms with Crippen LogP contribution in [0.3, 0.4) is 0 Å². The lowest BCUT2D eigenvalue weighted by Gasteiger charge is -2.23. The summed E-state index contributed by atoms with van der Waals surface area (Å²) in [6.45, 7) is 8.98. The second kappa shape index (κ2) is 7.09. The molecule has 5 heteroatoms. The highest BCUT2D eigenvalue weighted by Gasteiger charge is 2.11. The fourth-order valence-electron chi connectivity index (χ4n) is 2.44. The average Bonchev–Trinajstić information content (AvgIpc) is 2.81. The van der Waals surface area contributed by atoms with Crippen molar-refractivity contribution in [1.82, 2.24) is 14.5 Å².